The van der Waals surface area contributed by atoms with E-state index in [0.717, 1.165) is 35.4 Å². The molecule has 4 heterocycles. The molecule has 0 unspecified atom stereocenters. The van der Waals surface area contributed by atoms with E-state index in [-0.39, 0.29) is 17.1 Å². The number of benzene rings is 2. The molecule has 1 amide bonds. The third-order valence-corrected chi connectivity index (χ3v) is 7.38. The minimum atomic E-state index is -0.287. The largest absolute Gasteiger partial charge is 0.336 e. The van der Waals surface area contributed by atoms with Gasteiger partial charge in [0.2, 0.25) is 0 Å². The molecule has 4 aromatic rings. The molecule has 7 nitrogen and oxygen atoms in total. The number of hydrogen-bond acceptors (Lipinski definition) is 4. The number of carbonyl (C=O) groups excluding carboxylic acids is 1. The van der Waals surface area contributed by atoms with E-state index in [1.54, 1.807) is 27.7 Å². The Morgan fingerprint density at radius 2 is 1.97 bits per heavy atom. The Bertz CT molecular complexity index is 1370. The predicted molar refractivity (Wildman–Crippen MR) is 106 cm³/mol. The zero-order valence-electron chi connectivity index (χ0n) is 16.2. The summed E-state index contributed by atoms with van der Waals surface area (Å²) in [5.74, 6) is 0.665. The molecule has 2 aliphatic heterocycles. The molecule has 2 aromatic carbocycles. The first-order chi connectivity index (χ1) is 14.6. The first-order valence-electron chi connectivity index (χ1n) is 10.1. The Balaban J connectivity index is 1.53. The lowest BCUT2D eigenvalue weighted by atomic mass is 9.89. The fraction of sp³-hybridized carbons (Fsp3) is 0.273. The summed E-state index contributed by atoms with van der Waals surface area (Å²) in [5, 5.41) is 13.9. The monoisotopic (exact) mass is 400 g/mol. The minimum Gasteiger partial charge on any atom is -0.336 e. The van der Waals surface area contributed by atoms with Crippen LogP contribution in [0.15, 0.2) is 48.8 Å². The number of aromatic nitrogens is 5. The van der Waals surface area contributed by atoms with Gasteiger partial charge in [-0.1, -0.05) is 12.1 Å². The van der Waals surface area contributed by atoms with E-state index in [4.69, 9.17) is 0 Å². The number of nitrogens with zero attached hydrogens (tertiary/aromatic N) is 6. The van der Waals surface area contributed by atoms with E-state index < -0.39 is 0 Å². The highest BCUT2D eigenvalue weighted by molar-refractivity contribution is 5.95. The summed E-state index contributed by atoms with van der Waals surface area (Å²) in [6.45, 7) is 3.78. The molecular formula is C22H17FN6O. The molecule has 3 atom stereocenters. The van der Waals surface area contributed by atoms with Gasteiger partial charge in [-0.3, -0.25) is 4.79 Å². The number of piperidine rings is 1. The average molecular weight is 400 g/mol. The van der Waals surface area contributed by atoms with Gasteiger partial charge in [0.15, 0.2) is 5.69 Å². The van der Waals surface area contributed by atoms with Crippen LogP contribution in [0.2, 0.25) is 0 Å². The van der Waals surface area contributed by atoms with Crippen molar-refractivity contribution in [3.63, 3.8) is 0 Å². The second kappa shape index (κ2) is 5.13. The summed E-state index contributed by atoms with van der Waals surface area (Å²) in [7, 11) is 0. The third-order valence-electron chi connectivity index (χ3n) is 7.38. The summed E-state index contributed by atoms with van der Waals surface area (Å²) in [5.41, 5.74) is 4.17. The van der Waals surface area contributed by atoms with Gasteiger partial charge in [0, 0.05) is 23.9 Å². The molecule has 0 N–H and O–H groups in total. The second-order valence-corrected chi connectivity index (χ2v) is 8.61. The highest BCUT2D eigenvalue weighted by Gasteiger charge is 2.69. The molecule has 1 spiro atoms. The van der Waals surface area contributed by atoms with Gasteiger partial charge in [0.05, 0.1) is 29.3 Å². The lowest BCUT2D eigenvalue weighted by Crippen LogP contribution is -2.37. The van der Waals surface area contributed by atoms with Crippen LogP contribution < -0.4 is 0 Å². The van der Waals surface area contributed by atoms with Crippen molar-refractivity contribution in [1.82, 2.24) is 29.7 Å². The molecule has 3 aliphatic rings. The quantitative estimate of drug-likeness (QED) is 0.493. The van der Waals surface area contributed by atoms with Crippen molar-refractivity contribution in [3.8, 4) is 11.4 Å². The van der Waals surface area contributed by atoms with Crippen molar-refractivity contribution < 1.29 is 9.18 Å². The Hall–Kier alpha value is -3.55. The number of halogens is 1. The van der Waals surface area contributed by atoms with Crippen molar-refractivity contribution in [3.05, 3.63) is 65.9 Å². The Kier molecular flexibility index (Phi) is 2.78. The van der Waals surface area contributed by atoms with Gasteiger partial charge in [-0.25, -0.2) is 13.8 Å². The van der Waals surface area contributed by atoms with Crippen molar-refractivity contribution in [2.45, 2.75) is 12.3 Å². The zero-order chi connectivity index (χ0) is 20.2. The fourth-order valence-electron chi connectivity index (χ4n) is 5.73. The standard InChI is InChI=1S/C22H17FN6O/c1-12-17-10-27-11-22(12,17)16-6-13-8-25-28(15-4-2-14(23)3-5-15)18(13)7-19(16)29-20(21(27)30)9-24-26-29/h2-9,12,17H,10-11H2,1H3/t12-,17-,22+/m1/s1. The van der Waals surface area contributed by atoms with Crippen LogP contribution in [0.1, 0.15) is 23.0 Å². The smallest absolute Gasteiger partial charge is 0.274 e. The van der Waals surface area contributed by atoms with Crippen LogP contribution in [0.5, 0.6) is 0 Å². The molecule has 2 fully saturated rings. The highest BCUT2D eigenvalue weighted by atomic mass is 19.1. The van der Waals surface area contributed by atoms with Gasteiger partial charge in [0.1, 0.15) is 5.82 Å². The molecular weight excluding hydrogens is 383 g/mol. The van der Waals surface area contributed by atoms with Crippen molar-refractivity contribution >= 4 is 16.8 Å². The first kappa shape index (κ1) is 16.3. The van der Waals surface area contributed by atoms with Gasteiger partial charge in [0.25, 0.3) is 5.91 Å². The number of rotatable bonds is 1. The van der Waals surface area contributed by atoms with Gasteiger partial charge in [-0.2, -0.15) is 5.10 Å². The number of fused-ring (bicyclic) bond motifs is 5. The molecule has 1 saturated carbocycles. The summed E-state index contributed by atoms with van der Waals surface area (Å²) >= 11 is 0. The van der Waals surface area contributed by atoms with Gasteiger partial charge in [-0.05, 0) is 53.8 Å². The number of hydrogen-bond donors (Lipinski definition) is 0. The minimum absolute atomic E-state index is 0.0171. The Labute approximate surface area is 170 Å². The molecule has 8 heteroatoms. The highest BCUT2D eigenvalue weighted by Crippen LogP contribution is 2.65. The lowest BCUT2D eigenvalue weighted by Gasteiger charge is -2.28. The summed E-state index contributed by atoms with van der Waals surface area (Å²) in [6, 6.07) is 10.5. The summed E-state index contributed by atoms with van der Waals surface area (Å²) < 4.78 is 16.9. The van der Waals surface area contributed by atoms with Crippen molar-refractivity contribution in [2.24, 2.45) is 11.8 Å². The predicted octanol–water partition coefficient (Wildman–Crippen LogP) is 2.72. The summed E-state index contributed by atoms with van der Waals surface area (Å²) in [6.07, 6.45) is 3.38. The molecule has 0 radical (unpaired) electrons. The molecule has 30 heavy (non-hydrogen) atoms. The van der Waals surface area contributed by atoms with Crippen LogP contribution in [0.25, 0.3) is 22.3 Å². The first-order valence-corrected chi connectivity index (χ1v) is 10.1. The van der Waals surface area contributed by atoms with Crippen LogP contribution in [-0.2, 0) is 5.41 Å². The van der Waals surface area contributed by atoms with Crippen molar-refractivity contribution in [1.29, 1.82) is 0 Å². The van der Waals surface area contributed by atoms with Gasteiger partial charge < -0.3 is 4.90 Å². The van der Waals surface area contributed by atoms with E-state index in [1.807, 2.05) is 17.2 Å². The van der Waals surface area contributed by atoms with Gasteiger partial charge in [-0.15, -0.1) is 5.10 Å². The Morgan fingerprint density at radius 3 is 2.80 bits per heavy atom. The molecule has 1 aliphatic carbocycles. The van der Waals surface area contributed by atoms with Crippen LogP contribution in [0.4, 0.5) is 4.39 Å². The van der Waals surface area contributed by atoms with Crippen LogP contribution >= 0.6 is 0 Å². The van der Waals surface area contributed by atoms with Crippen LogP contribution in [0, 0.1) is 17.7 Å². The summed E-state index contributed by atoms with van der Waals surface area (Å²) in [4.78, 5) is 15.0. The molecule has 1 saturated heterocycles. The average Bonchev–Trinajstić information content (AvgIpc) is 3.28. The fourth-order valence-corrected chi connectivity index (χ4v) is 5.73. The third kappa shape index (κ3) is 1.80. The lowest BCUT2D eigenvalue weighted by molar-refractivity contribution is 0.0753. The maximum absolute atomic E-state index is 13.4. The van der Waals surface area contributed by atoms with Crippen molar-refractivity contribution in [2.75, 3.05) is 13.1 Å². The Morgan fingerprint density at radius 1 is 1.13 bits per heavy atom. The molecule has 2 bridgehead atoms. The van der Waals surface area contributed by atoms with Crippen LogP contribution in [0.3, 0.4) is 0 Å². The van der Waals surface area contributed by atoms with E-state index >= 15 is 0 Å². The normalized spacial score (nSPS) is 26.2. The molecule has 148 valence electrons. The van der Waals surface area contributed by atoms with Gasteiger partial charge >= 0.3 is 0 Å². The maximum atomic E-state index is 13.4. The van der Waals surface area contributed by atoms with Crippen LogP contribution in [-0.4, -0.2) is 48.7 Å². The second-order valence-electron chi connectivity index (χ2n) is 8.61. The molecule has 2 aromatic heterocycles. The van der Waals surface area contributed by atoms with E-state index in [0.29, 0.717) is 17.5 Å². The van der Waals surface area contributed by atoms with E-state index in [9.17, 15) is 9.18 Å². The maximum Gasteiger partial charge on any atom is 0.274 e. The topological polar surface area (TPSA) is 68.8 Å². The zero-order valence-corrected chi connectivity index (χ0v) is 16.2. The number of carbonyl (C=O) groups is 1. The SMILES string of the molecule is C[C@@H]1[C@H]2CN3C[C@@]12c1cc2cnn(-c4ccc(F)cc4)c2cc1-n1nncc1C3=O. The van der Waals surface area contributed by atoms with E-state index in [2.05, 4.69) is 28.4 Å². The van der Waals surface area contributed by atoms with E-state index in [1.165, 1.54) is 17.7 Å². The molecule has 7 rings (SSSR count). The number of amides is 1.